The van der Waals surface area contributed by atoms with Gasteiger partial charge in [0.05, 0.1) is 34.0 Å². The number of benzene rings is 1. The molecule has 1 N–H and O–H groups in total. The molecule has 1 heterocycles. The number of aliphatic hydroxyl groups is 1. The first-order chi connectivity index (χ1) is 9.11. The second-order valence-corrected chi connectivity index (χ2v) is 5.49. The number of rotatable bonds is 6. The van der Waals surface area contributed by atoms with Gasteiger partial charge in [0.25, 0.3) is 0 Å². The van der Waals surface area contributed by atoms with E-state index in [0.29, 0.717) is 0 Å². The molecule has 0 radical (unpaired) electrons. The monoisotopic (exact) mass is 266 g/mol. The normalized spacial score (nSPS) is 18.5. The molecule has 0 bridgehead atoms. The molecule has 2 rings (SSSR count). The quantitative estimate of drug-likeness (QED) is 0.857. The van der Waals surface area contributed by atoms with Crippen LogP contribution in [0.2, 0.25) is 0 Å². The molecular formula is C15H22O4. The maximum atomic E-state index is 9.68. The Bertz CT molecular complexity index is 426. The summed E-state index contributed by atoms with van der Waals surface area (Å²) in [5.41, 5.74) is 1.19. The van der Waals surface area contributed by atoms with Crippen LogP contribution in [0.5, 0.6) is 11.5 Å². The molecular weight excluding hydrogens is 244 g/mol. The lowest BCUT2D eigenvalue weighted by Crippen LogP contribution is -2.41. The van der Waals surface area contributed by atoms with Crippen molar-refractivity contribution in [3.8, 4) is 11.5 Å². The average molecular weight is 266 g/mol. The molecule has 1 saturated heterocycles. The van der Waals surface area contributed by atoms with Gasteiger partial charge >= 0.3 is 0 Å². The Kier molecular flexibility index (Phi) is 4.32. The fourth-order valence-corrected chi connectivity index (χ4v) is 2.59. The van der Waals surface area contributed by atoms with Crippen LogP contribution in [0.3, 0.4) is 0 Å². The van der Waals surface area contributed by atoms with Crippen molar-refractivity contribution >= 4 is 0 Å². The molecule has 1 atom stereocenters. The smallest absolute Gasteiger partial charge is 0.126 e. The molecule has 1 aromatic carbocycles. The molecule has 106 valence electrons. The molecule has 0 aromatic heterocycles. The maximum absolute atomic E-state index is 9.68. The zero-order valence-corrected chi connectivity index (χ0v) is 11.8. The van der Waals surface area contributed by atoms with Crippen molar-refractivity contribution in [1.82, 2.24) is 0 Å². The highest BCUT2D eigenvalue weighted by atomic mass is 16.5. The molecule has 0 saturated carbocycles. The van der Waals surface area contributed by atoms with E-state index in [1.54, 1.807) is 14.2 Å². The summed E-state index contributed by atoms with van der Waals surface area (Å²) in [6.07, 6.45) is 0.895. The van der Waals surface area contributed by atoms with Gasteiger partial charge in [-0.15, -0.1) is 0 Å². The zero-order valence-electron chi connectivity index (χ0n) is 11.8. The third kappa shape index (κ3) is 3.01. The minimum Gasteiger partial charge on any atom is -0.497 e. The van der Waals surface area contributed by atoms with E-state index in [1.165, 1.54) is 0 Å². The van der Waals surface area contributed by atoms with Crippen LogP contribution < -0.4 is 9.47 Å². The van der Waals surface area contributed by atoms with Crippen molar-refractivity contribution in [1.29, 1.82) is 0 Å². The highest BCUT2D eigenvalue weighted by Crippen LogP contribution is 2.40. The predicted octanol–water partition coefficient (Wildman–Crippen LogP) is 2.21. The van der Waals surface area contributed by atoms with Crippen LogP contribution in [0.15, 0.2) is 18.2 Å². The lowest BCUT2D eigenvalue weighted by molar-refractivity contribution is -0.110. The summed E-state index contributed by atoms with van der Waals surface area (Å²) in [5, 5.41) is 9.68. The van der Waals surface area contributed by atoms with Crippen molar-refractivity contribution in [3.05, 3.63) is 23.8 Å². The van der Waals surface area contributed by atoms with Gasteiger partial charge in [-0.25, -0.2) is 0 Å². The van der Waals surface area contributed by atoms with Crippen molar-refractivity contribution < 1.29 is 19.3 Å². The van der Waals surface area contributed by atoms with Gasteiger partial charge in [0.2, 0.25) is 0 Å². The first kappa shape index (κ1) is 14.2. The molecule has 1 aromatic rings. The zero-order chi connectivity index (χ0) is 13.9. The molecule has 0 spiro atoms. The highest BCUT2D eigenvalue weighted by Gasteiger charge is 2.36. The Balaban J connectivity index is 2.21. The van der Waals surface area contributed by atoms with Gasteiger partial charge in [0, 0.05) is 17.4 Å². The Morgan fingerprint density at radius 1 is 1.32 bits per heavy atom. The van der Waals surface area contributed by atoms with Gasteiger partial charge < -0.3 is 19.3 Å². The Hall–Kier alpha value is -1.26. The largest absolute Gasteiger partial charge is 0.497 e. The summed E-state index contributed by atoms with van der Waals surface area (Å²) in [6.45, 7) is 3.83. The van der Waals surface area contributed by atoms with E-state index in [9.17, 15) is 5.11 Å². The minimum atomic E-state index is 0.0646. The summed E-state index contributed by atoms with van der Waals surface area (Å²) in [6, 6.07) is 5.74. The third-order valence-corrected chi connectivity index (χ3v) is 3.74. The second-order valence-electron chi connectivity index (χ2n) is 5.49. The van der Waals surface area contributed by atoms with E-state index in [1.807, 2.05) is 18.2 Å². The number of hydrogen-bond acceptors (Lipinski definition) is 4. The van der Waals surface area contributed by atoms with Gasteiger partial charge in [-0.2, -0.15) is 0 Å². The Labute approximate surface area is 114 Å². The second kappa shape index (κ2) is 5.80. The summed E-state index contributed by atoms with van der Waals surface area (Å²) in [4.78, 5) is 0. The molecule has 1 aliphatic heterocycles. The van der Waals surface area contributed by atoms with E-state index in [-0.39, 0.29) is 17.9 Å². The summed E-state index contributed by atoms with van der Waals surface area (Å²) in [7, 11) is 3.27. The van der Waals surface area contributed by atoms with Gasteiger partial charge in [-0.05, 0) is 18.1 Å². The molecule has 0 aliphatic carbocycles. The van der Waals surface area contributed by atoms with Crippen LogP contribution in [0.4, 0.5) is 0 Å². The molecule has 1 aliphatic rings. The van der Waals surface area contributed by atoms with Crippen molar-refractivity contribution in [2.75, 3.05) is 34.0 Å². The topological polar surface area (TPSA) is 47.9 Å². The minimum absolute atomic E-state index is 0.0646. The lowest BCUT2D eigenvalue weighted by Gasteiger charge is -2.40. The third-order valence-electron chi connectivity index (χ3n) is 3.74. The fraction of sp³-hybridized carbons (Fsp3) is 0.600. The number of hydrogen-bond donors (Lipinski definition) is 1. The van der Waals surface area contributed by atoms with Crippen LogP contribution in [-0.4, -0.2) is 39.1 Å². The highest BCUT2D eigenvalue weighted by molar-refractivity contribution is 5.43. The standard InChI is InChI=1S/C15H22O4/c1-15(9-19-10-15)7-11(8-16)13-5-4-12(17-2)6-14(13)18-3/h4-6,11,16H,7-10H2,1-3H3. The van der Waals surface area contributed by atoms with Crippen LogP contribution in [0.1, 0.15) is 24.8 Å². The SMILES string of the molecule is COc1ccc(C(CO)CC2(C)COC2)c(OC)c1. The van der Waals surface area contributed by atoms with Gasteiger partial charge in [0.15, 0.2) is 0 Å². The molecule has 4 heteroatoms. The first-order valence-electron chi connectivity index (χ1n) is 6.52. The molecule has 0 amide bonds. The number of methoxy groups -OCH3 is 2. The van der Waals surface area contributed by atoms with Crippen LogP contribution in [-0.2, 0) is 4.74 Å². The van der Waals surface area contributed by atoms with Crippen LogP contribution in [0, 0.1) is 5.41 Å². The molecule has 4 nitrogen and oxygen atoms in total. The van der Waals surface area contributed by atoms with E-state index >= 15 is 0 Å². The van der Waals surface area contributed by atoms with Crippen LogP contribution >= 0.6 is 0 Å². The van der Waals surface area contributed by atoms with Crippen molar-refractivity contribution in [2.45, 2.75) is 19.3 Å². The Morgan fingerprint density at radius 2 is 2.05 bits per heavy atom. The fourth-order valence-electron chi connectivity index (χ4n) is 2.59. The molecule has 19 heavy (non-hydrogen) atoms. The van der Waals surface area contributed by atoms with E-state index in [4.69, 9.17) is 14.2 Å². The van der Waals surface area contributed by atoms with Gasteiger partial charge in [-0.3, -0.25) is 0 Å². The predicted molar refractivity (Wildman–Crippen MR) is 72.9 cm³/mol. The first-order valence-corrected chi connectivity index (χ1v) is 6.52. The van der Waals surface area contributed by atoms with Crippen molar-refractivity contribution in [3.63, 3.8) is 0 Å². The van der Waals surface area contributed by atoms with Crippen molar-refractivity contribution in [2.24, 2.45) is 5.41 Å². The van der Waals surface area contributed by atoms with E-state index in [0.717, 1.165) is 36.7 Å². The number of ether oxygens (including phenoxy) is 3. The number of aliphatic hydroxyl groups excluding tert-OH is 1. The van der Waals surface area contributed by atoms with Gasteiger partial charge in [-0.1, -0.05) is 13.0 Å². The average Bonchev–Trinajstić information content (AvgIpc) is 2.42. The summed E-state index contributed by atoms with van der Waals surface area (Å²) in [5.74, 6) is 1.59. The summed E-state index contributed by atoms with van der Waals surface area (Å²) >= 11 is 0. The summed E-state index contributed by atoms with van der Waals surface area (Å²) < 4.78 is 15.9. The Morgan fingerprint density at radius 3 is 2.53 bits per heavy atom. The molecule has 1 fully saturated rings. The molecule has 1 unspecified atom stereocenters. The van der Waals surface area contributed by atoms with E-state index < -0.39 is 0 Å². The van der Waals surface area contributed by atoms with E-state index in [2.05, 4.69) is 6.92 Å². The van der Waals surface area contributed by atoms with Gasteiger partial charge in [0.1, 0.15) is 11.5 Å². The maximum Gasteiger partial charge on any atom is 0.126 e. The lowest BCUT2D eigenvalue weighted by atomic mass is 9.77. The van der Waals surface area contributed by atoms with Crippen LogP contribution in [0.25, 0.3) is 0 Å².